The number of rotatable bonds is 7. The number of hydrogen-bond acceptors (Lipinski definition) is 4. The number of aryl methyl sites for hydroxylation is 2. The van der Waals surface area contributed by atoms with Gasteiger partial charge in [0.15, 0.2) is 0 Å². The summed E-state index contributed by atoms with van der Waals surface area (Å²) >= 11 is 12.4. The maximum absolute atomic E-state index is 13.2. The average Bonchev–Trinajstić information content (AvgIpc) is 3.02. The number of benzene rings is 2. The highest BCUT2D eigenvalue weighted by Crippen LogP contribution is 2.41. The number of carbonyl (C=O) groups is 2. The Kier molecular flexibility index (Phi) is 7.65. The van der Waals surface area contributed by atoms with Crippen molar-refractivity contribution in [2.24, 2.45) is 0 Å². The van der Waals surface area contributed by atoms with Crippen LogP contribution in [0.5, 0.6) is 0 Å². The van der Waals surface area contributed by atoms with Crippen molar-refractivity contribution < 1.29 is 14.7 Å². The first-order valence-corrected chi connectivity index (χ1v) is 11.5. The largest absolute Gasteiger partial charge is 0.507 e. The van der Waals surface area contributed by atoms with Gasteiger partial charge in [-0.05, 0) is 56.3 Å². The summed E-state index contributed by atoms with van der Waals surface area (Å²) in [7, 11) is 0. The first-order chi connectivity index (χ1) is 15.2. The summed E-state index contributed by atoms with van der Waals surface area (Å²) in [5, 5.41) is 12.0. The molecule has 0 radical (unpaired) electrons. The minimum Gasteiger partial charge on any atom is -0.507 e. The molecule has 1 aliphatic heterocycles. The van der Waals surface area contributed by atoms with Crippen molar-refractivity contribution in [2.45, 2.75) is 33.7 Å². The smallest absolute Gasteiger partial charge is 0.295 e. The Balaban J connectivity index is 2.17. The van der Waals surface area contributed by atoms with Gasteiger partial charge in [0.1, 0.15) is 5.76 Å². The molecule has 2 aromatic carbocycles. The van der Waals surface area contributed by atoms with Gasteiger partial charge in [0, 0.05) is 18.7 Å². The van der Waals surface area contributed by atoms with Gasteiger partial charge < -0.3 is 14.9 Å². The van der Waals surface area contributed by atoms with E-state index < -0.39 is 17.7 Å². The number of Topliss-reactive ketones (excluding diaryl/α,β-unsaturated/α-hetero) is 1. The Bertz CT molecular complexity index is 1080. The SMILES string of the molecule is CCN(CC)CCN1C(=O)C(=O)/C(=C(/O)c2cc(C)ccc2C)C1c1ccc(Cl)c(Cl)c1. The lowest BCUT2D eigenvalue weighted by atomic mass is 9.93. The van der Waals surface area contributed by atoms with Gasteiger partial charge in [-0.25, -0.2) is 0 Å². The number of ketones is 1. The van der Waals surface area contributed by atoms with E-state index in [1.807, 2.05) is 32.0 Å². The molecular weight excluding hydrogens is 447 g/mol. The predicted octanol–water partition coefficient (Wildman–Crippen LogP) is 5.37. The second-order valence-electron chi connectivity index (χ2n) is 8.01. The fraction of sp³-hybridized carbons (Fsp3) is 0.360. The van der Waals surface area contributed by atoms with Crippen LogP contribution in [-0.4, -0.2) is 52.8 Å². The number of amides is 1. The summed E-state index contributed by atoms with van der Waals surface area (Å²) in [5.74, 6) is -1.50. The molecule has 32 heavy (non-hydrogen) atoms. The van der Waals surface area contributed by atoms with Crippen molar-refractivity contribution >= 4 is 40.7 Å². The Morgan fingerprint density at radius 3 is 2.34 bits per heavy atom. The highest BCUT2D eigenvalue weighted by atomic mass is 35.5. The van der Waals surface area contributed by atoms with Crippen LogP contribution < -0.4 is 0 Å². The number of hydrogen-bond donors (Lipinski definition) is 1. The molecule has 1 N–H and O–H groups in total. The number of halogens is 2. The van der Waals surface area contributed by atoms with Gasteiger partial charge in [-0.15, -0.1) is 0 Å². The molecule has 1 saturated heterocycles. The number of likely N-dealkylation sites (N-methyl/N-ethyl adjacent to an activating group) is 1. The zero-order valence-corrected chi connectivity index (χ0v) is 20.3. The highest BCUT2D eigenvalue weighted by molar-refractivity contribution is 6.47. The number of nitrogens with zero attached hydrogens (tertiary/aromatic N) is 2. The monoisotopic (exact) mass is 474 g/mol. The lowest BCUT2D eigenvalue weighted by Gasteiger charge is -2.28. The molecule has 1 heterocycles. The molecule has 1 unspecified atom stereocenters. The Hall–Kier alpha value is -2.34. The second kappa shape index (κ2) is 10.1. The quantitative estimate of drug-likeness (QED) is 0.332. The third-order valence-corrected chi connectivity index (χ3v) is 6.74. The van der Waals surface area contributed by atoms with Crippen molar-refractivity contribution in [1.82, 2.24) is 9.80 Å². The van der Waals surface area contributed by atoms with E-state index in [2.05, 4.69) is 18.7 Å². The maximum atomic E-state index is 13.2. The summed E-state index contributed by atoms with van der Waals surface area (Å²) in [5.41, 5.74) is 3.00. The fourth-order valence-electron chi connectivity index (χ4n) is 4.06. The number of aliphatic hydroxyl groups excluding tert-OH is 1. The molecule has 0 bridgehead atoms. The number of aliphatic hydroxyl groups is 1. The van der Waals surface area contributed by atoms with E-state index in [0.29, 0.717) is 34.3 Å². The average molecular weight is 475 g/mol. The first kappa shape index (κ1) is 24.3. The minimum absolute atomic E-state index is 0.0710. The molecule has 0 spiro atoms. The molecular formula is C25H28Cl2N2O3. The van der Waals surface area contributed by atoms with E-state index in [-0.39, 0.29) is 11.3 Å². The summed E-state index contributed by atoms with van der Waals surface area (Å²) in [4.78, 5) is 29.9. The third kappa shape index (κ3) is 4.70. The molecule has 0 aliphatic carbocycles. The molecule has 0 aromatic heterocycles. The van der Waals surface area contributed by atoms with E-state index >= 15 is 0 Å². The van der Waals surface area contributed by atoms with Crippen molar-refractivity contribution in [3.05, 3.63) is 74.3 Å². The lowest BCUT2D eigenvalue weighted by molar-refractivity contribution is -0.140. The van der Waals surface area contributed by atoms with Crippen LogP contribution in [-0.2, 0) is 9.59 Å². The second-order valence-corrected chi connectivity index (χ2v) is 8.83. The van der Waals surface area contributed by atoms with Gasteiger partial charge in [0.05, 0.1) is 21.7 Å². The molecule has 1 amide bonds. The molecule has 1 aliphatic rings. The molecule has 1 atom stereocenters. The van der Waals surface area contributed by atoms with E-state index in [0.717, 1.165) is 24.2 Å². The van der Waals surface area contributed by atoms with Crippen LogP contribution in [0.25, 0.3) is 5.76 Å². The van der Waals surface area contributed by atoms with Gasteiger partial charge in [0.2, 0.25) is 0 Å². The van der Waals surface area contributed by atoms with Gasteiger partial charge in [-0.1, -0.05) is 60.8 Å². The Labute approximate surface area is 199 Å². The van der Waals surface area contributed by atoms with E-state index in [1.165, 1.54) is 4.90 Å². The first-order valence-electron chi connectivity index (χ1n) is 10.7. The van der Waals surface area contributed by atoms with Crippen molar-refractivity contribution in [1.29, 1.82) is 0 Å². The van der Waals surface area contributed by atoms with Crippen LogP contribution >= 0.6 is 23.2 Å². The Morgan fingerprint density at radius 1 is 1.03 bits per heavy atom. The third-order valence-electron chi connectivity index (χ3n) is 6.00. The van der Waals surface area contributed by atoms with Crippen molar-refractivity contribution in [3.63, 3.8) is 0 Å². The summed E-state index contributed by atoms with van der Waals surface area (Å²) in [6.45, 7) is 10.5. The van der Waals surface area contributed by atoms with Crippen LogP contribution in [0.2, 0.25) is 10.0 Å². The lowest BCUT2D eigenvalue weighted by Crippen LogP contribution is -2.38. The predicted molar refractivity (Wildman–Crippen MR) is 129 cm³/mol. The number of likely N-dealkylation sites (tertiary alicyclic amines) is 1. The summed E-state index contributed by atoms with van der Waals surface area (Å²) in [6.07, 6.45) is 0. The fourth-order valence-corrected chi connectivity index (χ4v) is 4.37. The molecule has 1 fully saturated rings. The van der Waals surface area contributed by atoms with Crippen LogP contribution in [0.3, 0.4) is 0 Å². The molecule has 0 saturated carbocycles. The molecule has 7 heteroatoms. The van der Waals surface area contributed by atoms with Crippen LogP contribution in [0, 0.1) is 13.8 Å². The van der Waals surface area contributed by atoms with Crippen LogP contribution in [0.1, 0.15) is 42.1 Å². The molecule has 2 aromatic rings. The molecule has 3 rings (SSSR count). The van der Waals surface area contributed by atoms with Crippen molar-refractivity contribution in [2.75, 3.05) is 26.2 Å². The van der Waals surface area contributed by atoms with Gasteiger partial charge >= 0.3 is 0 Å². The van der Waals surface area contributed by atoms with Gasteiger partial charge in [-0.3, -0.25) is 9.59 Å². The Morgan fingerprint density at radius 2 is 1.72 bits per heavy atom. The van der Waals surface area contributed by atoms with Gasteiger partial charge in [-0.2, -0.15) is 0 Å². The molecule has 170 valence electrons. The highest BCUT2D eigenvalue weighted by Gasteiger charge is 2.46. The maximum Gasteiger partial charge on any atom is 0.295 e. The zero-order valence-electron chi connectivity index (χ0n) is 18.8. The minimum atomic E-state index is -0.750. The van der Waals surface area contributed by atoms with E-state index in [9.17, 15) is 14.7 Å². The van der Waals surface area contributed by atoms with E-state index in [4.69, 9.17) is 23.2 Å². The van der Waals surface area contributed by atoms with Gasteiger partial charge in [0.25, 0.3) is 11.7 Å². The zero-order chi connectivity index (χ0) is 23.6. The summed E-state index contributed by atoms with van der Waals surface area (Å²) in [6, 6.07) is 9.93. The van der Waals surface area contributed by atoms with E-state index in [1.54, 1.807) is 18.2 Å². The normalized spacial score (nSPS) is 18.1. The topological polar surface area (TPSA) is 60.9 Å². The van der Waals surface area contributed by atoms with Crippen LogP contribution in [0.15, 0.2) is 42.0 Å². The number of carbonyl (C=O) groups excluding carboxylic acids is 2. The molecule has 5 nitrogen and oxygen atoms in total. The van der Waals surface area contributed by atoms with Crippen molar-refractivity contribution in [3.8, 4) is 0 Å². The van der Waals surface area contributed by atoms with Crippen LogP contribution in [0.4, 0.5) is 0 Å². The standard InChI is InChI=1S/C25H28Cl2N2O3/c1-5-28(6-2)11-12-29-22(17-9-10-19(26)20(27)14-17)21(24(31)25(29)32)23(30)18-13-15(3)7-8-16(18)4/h7-10,13-14,22,30H,5-6,11-12H2,1-4H3/b23-21+. The summed E-state index contributed by atoms with van der Waals surface area (Å²) < 4.78 is 0.